The molecule has 2 heterocycles. The molecular weight excluding hydrogens is 288 g/mol. The zero-order valence-electron chi connectivity index (χ0n) is 8.53. The highest BCUT2D eigenvalue weighted by Crippen LogP contribution is 2.37. The normalized spacial score (nSPS) is 10.7. The van der Waals surface area contributed by atoms with Crippen molar-refractivity contribution in [1.82, 2.24) is 9.97 Å². The third kappa shape index (κ3) is 3.61. The van der Waals surface area contributed by atoms with Gasteiger partial charge in [-0.05, 0) is 0 Å². The van der Waals surface area contributed by atoms with Gasteiger partial charge in [-0.3, -0.25) is 0 Å². The van der Waals surface area contributed by atoms with Crippen LogP contribution in [0.1, 0.15) is 0 Å². The molecule has 8 heteroatoms. The van der Waals surface area contributed by atoms with E-state index in [1.54, 1.807) is 0 Å². The van der Waals surface area contributed by atoms with Gasteiger partial charge in [-0.2, -0.15) is 27.5 Å². The molecule has 0 spiro atoms. The first-order valence-corrected chi connectivity index (χ1v) is 6.68. The molecule has 2 aromatic rings. The van der Waals surface area contributed by atoms with Gasteiger partial charge in [0, 0.05) is 34.1 Å². The standard InChI is InChI=1S/C10H4F4N2S2/c11-7-1-5(2-8(12)15-7)17-18-6-3-9(13)16-10(14)4-6/h1-4H. The fourth-order valence-corrected chi connectivity index (χ4v) is 3.01. The number of pyridine rings is 2. The molecule has 0 aliphatic carbocycles. The van der Waals surface area contributed by atoms with Crippen LogP contribution < -0.4 is 0 Å². The summed E-state index contributed by atoms with van der Waals surface area (Å²) in [7, 11) is 1.91. The molecule has 0 saturated carbocycles. The lowest BCUT2D eigenvalue weighted by Crippen LogP contribution is -1.89. The minimum absolute atomic E-state index is 0.252. The maximum atomic E-state index is 12.8. The Bertz CT molecular complexity index is 488. The van der Waals surface area contributed by atoms with Crippen molar-refractivity contribution in [2.75, 3.05) is 0 Å². The minimum Gasteiger partial charge on any atom is -0.191 e. The molecule has 0 aliphatic rings. The van der Waals surface area contributed by atoms with Gasteiger partial charge in [0.2, 0.25) is 23.8 Å². The molecule has 0 saturated heterocycles. The van der Waals surface area contributed by atoms with Gasteiger partial charge >= 0.3 is 0 Å². The maximum Gasteiger partial charge on any atom is 0.216 e. The molecule has 0 N–H and O–H groups in total. The van der Waals surface area contributed by atoms with E-state index in [0.29, 0.717) is 0 Å². The van der Waals surface area contributed by atoms with Crippen molar-refractivity contribution in [2.24, 2.45) is 0 Å². The zero-order valence-corrected chi connectivity index (χ0v) is 10.2. The first-order chi connectivity index (χ1) is 8.52. The minimum atomic E-state index is -0.954. The van der Waals surface area contributed by atoms with Crippen molar-refractivity contribution in [3.63, 3.8) is 0 Å². The number of halogens is 4. The topological polar surface area (TPSA) is 25.8 Å². The Morgan fingerprint density at radius 3 is 1.17 bits per heavy atom. The highest BCUT2D eigenvalue weighted by molar-refractivity contribution is 8.76. The predicted octanol–water partition coefficient (Wildman–Crippen LogP) is 3.83. The number of hydrogen-bond acceptors (Lipinski definition) is 4. The lowest BCUT2D eigenvalue weighted by molar-refractivity contribution is 0.506. The Morgan fingerprint density at radius 2 is 0.889 bits per heavy atom. The molecule has 0 radical (unpaired) electrons. The second kappa shape index (κ2) is 5.57. The van der Waals surface area contributed by atoms with Gasteiger partial charge < -0.3 is 0 Å². The summed E-state index contributed by atoms with van der Waals surface area (Å²) in [6, 6.07) is 4.09. The van der Waals surface area contributed by atoms with Gasteiger partial charge in [0.25, 0.3) is 0 Å². The number of rotatable bonds is 3. The molecule has 0 amide bonds. The SMILES string of the molecule is Fc1cc(SSc2cc(F)nc(F)c2)cc(F)n1. The number of hydrogen-bond donors (Lipinski definition) is 0. The smallest absolute Gasteiger partial charge is 0.191 e. The first kappa shape index (κ1) is 13.2. The molecule has 18 heavy (non-hydrogen) atoms. The van der Waals surface area contributed by atoms with E-state index in [2.05, 4.69) is 9.97 Å². The summed E-state index contributed by atoms with van der Waals surface area (Å²) < 4.78 is 51.1. The molecule has 0 fully saturated rings. The summed E-state index contributed by atoms with van der Waals surface area (Å²) in [4.78, 5) is 6.37. The molecule has 2 rings (SSSR count). The van der Waals surface area contributed by atoms with Crippen molar-refractivity contribution in [3.8, 4) is 0 Å². The van der Waals surface area contributed by atoms with Crippen LogP contribution in [-0.4, -0.2) is 9.97 Å². The summed E-state index contributed by atoms with van der Waals surface area (Å²) in [5.74, 6) is -3.81. The van der Waals surface area contributed by atoms with Crippen molar-refractivity contribution in [2.45, 2.75) is 9.79 Å². The fraction of sp³-hybridized carbons (Fsp3) is 0. The van der Waals surface area contributed by atoms with Crippen molar-refractivity contribution >= 4 is 21.6 Å². The largest absolute Gasteiger partial charge is 0.216 e. The van der Waals surface area contributed by atoms with E-state index in [-0.39, 0.29) is 9.79 Å². The van der Waals surface area contributed by atoms with E-state index in [0.717, 1.165) is 45.9 Å². The summed E-state index contributed by atoms with van der Waals surface area (Å²) in [5.41, 5.74) is 0. The van der Waals surface area contributed by atoms with Crippen LogP contribution >= 0.6 is 21.6 Å². The highest BCUT2D eigenvalue weighted by atomic mass is 33.1. The third-order valence-corrected chi connectivity index (χ3v) is 4.05. The highest BCUT2D eigenvalue weighted by Gasteiger charge is 2.06. The average Bonchev–Trinajstić information content (AvgIpc) is 2.23. The van der Waals surface area contributed by atoms with Crippen LogP contribution in [0.5, 0.6) is 0 Å². The van der Waals surface area contributed by atoms with Crippen LogP contribution in [0.4, 0.5) is 17.6 Å². The van der Waals surface area contributed by atoms with Crippen LogP contribution in [0.2, 0.25) is 0 Å². The summed E-state index contributed by atoms with van der Waals surface area (Å²) in [6.07, 6.45) is 0. The maximum absolute atomic E-state index is 12.8. The Labute approximate surface area is 107 Å². The molecule has 0 bridgehead atoms. The van der Waals surface area contributed by atoms with E-state index < -0.39 is 23.8 Å². The molecular formula is C10H4F4N2S2. The molecule has 0 aromatic carbocycles. The summed E-state index contributed by atoms with van der Waals surface area (Å²) >= 11 is 0. The Balaban J connectivity index is 2.11. The van der Waals surface area contributed by atoms with Crippen LogP contribution in [0.25, 0.3) is 0 Å². The lowest BCUT2D eigenvalue weighted by atomic mass is 10.5. The Morgan fingerprint density at radius 1 is 0.611 bits per heavy atom. The second-order valence-corrected chi connectivity index (χ2v) is 5.34. The monoisotopic (exact) mass is 292 g/mol. The number of aromatic nitrogens is 2. The van der Waals surface area contributed by atoms with Crippen LogP contribution in [-0.2, 0) is 0 Å². The molecule has 2 nitrogen and oxygen atoms in total. The van der Waals surface area contributed by atoms with Gasteiger partial charge in [-0.25, -0.2) is 0 Å². The Hall–Kier alpha value is -1.28. The van der Waals surface area contributed by atoms with Gasteiger partial charge in [-0.15, -0.1) is 0 Å². The van der Waals surface area contributed by atoms with Crippen LogP contribution in [0.3, 0.4) is 0 Å². The fourth-order valence-electron chi connectivity index (χ4n) is 1.08. The van der Waals surface area contributed by atoms with Gasteiger partial charge in [0.05, 0.1) is 0 Å². The van der Waals surface area contributed by atoms with Crippen molar-refractivity contribution in [3.05, 3.63) is 48.1 Å². The summed E-state index contributed by atoms with van der Waals surface area (Å²) in [5, 5.41) is 0. The van der Waals surface area contributed by atoms with Gasteiger partial charge in [0.15, 0.2) is 0 Å². The average molecular weight is 292 g/mol. The van der Waals surface area contributed by atoms with Crippen molar-refractivity contribution in [1.29, 1.82) is 0 Å². The first-order valence-electron chi connectivity index (χ1n) is 4.53. The van der Waals surface area contributed by atoms with Gasteiger partial charge in [-0.1, -0.05) is 21.6 Å². The quantitative estimate of drug-likeness (QED) is 0.488. The zero-order chi connectivity index (χ0) is 13.1. The van der Waals surface area contributed by atoms with Gasteiger partial charge in [0.1, 0.15) is 0 Å². The van der Waals surface area contributed by atoms with Crippen molar-refractivity contribution < 1.29 is 17.6 Å². The molecule has 0 aliphatic heterocycles. The third-order valence-electron chi connectivity index (χ3n) is 1.71. The van der Waals surface area contributed by atoms with Crippen LogP contribution in [0.15, 0.2) is 34.1 Å². The summed E-state index contributed by atoms with van der Waals surface area (Å²) in [6.45, 7) is 0. The number of nitrogens with zero attached hydrogens (tertiary/aromatic N) is 2. The van der Waals surface area contributed by atoms with E-state index in [1.807, 2.05) is 0 Å². The molecule has 0 atom stereocenters. The molecule has 94 valence electrons. The molecule has 2 aromatic heterocycles. The van der Waals surface area contributed by atoms with E-state index in [4.69, 9.17) is 0 Å². The van der Waals surface area contributed by atoms with E-state index in [1.165, 1.54) is 0 Å². The lowest BCUT2D eigenvalue weighted by Gasteiger charge is -2.01. The van der Waals surface area contributed by atoms with Crippen LogP contribution in [0, 0.1) is 23.8 Å². The van der Waals surface area contributed by atoms with E-state index in [9.17, 15) is 17.6 Å². The van der Waals surface area contributed by atoms with E-state index >= 15 is 0 Å². The second-order valence-electron chi connectivity index (χ2n) is 3.06. The molecule has 0 unspecified atom stereocenters. The Kier molecular flexibility index (Phi) is 4.07. The predicted molar refractivity (Wildman–Crippen MR) is 60.0 cm³/mol.